The molecule has 3 heteroatoms. The molecule has 1 heterocycles. The van der Waals surface area contributed by atoms with E-state index in [-0.39, 0.29) is 0 Å². The second-order valence-corrected chi connectivity index (χ2v) is 6.08. The van der Waals surface area contributed by atoms with Crippen molar-refractivity contribution in [3.05, 3.63) is 34.9 Å². The molecule has 0 aliphatic carbocycles. The monoisotopic (exact) mass is 281 g/mol. The van der Waals surface area contributed by atoms with Crippen molar-refractivity contribution >= 4 is 11.6 Å². The third-order valence-electron chi connectivity index (χ3n) is 4.55. The average Bonchev–Trinajstić information content (AvgIpc) is 2.63. The summed E-state index contributed by atoms with van der Waals surface area (Å²) in [6.07, 6.45) is 1.58. The molecule has 0 amide bonds. The van der Waals surface area contributed by atoms with Gasteiger partial charge in [-0.15, -0.1) is 0 Å². The van der Waals surface area contributed by atoms with Gasteiger partial charge in [0, 0.05) is 17.0 Å². The van der Waals surface area contributed by atoms with Crippen LogP contribution in [0.4, 0.5) is 0 Å². The van der Waals surface area contributed by atoms with Crippen molar-refractivity contribution < 1.29 is 4.74 Å². The summed E-state index contributed by atoms with van der Waals surface area (Å²) in [7, 11) is 2.03. The molecule has 1 aliphatic heterocycles. The highest BCUT2D eigenvalue weighted by Gasteiger charge is 2.41. The van der Waals surface area contributed by atoms with Crippen LogP contribution in [0.15, 0.2) is 24.3 Å². The van der Waals surface area contributed by atoms with Crippen molar-refractivity contribution in [2.75, 3.05) is 7.05 Å². The molecule has 1 aromatic rings. The van der Waals surface area contributed by atoms with Crippen molar-refractivity contribution in [2.45, 2.75) is 45.4 Å². The summed E-state index contributed by atoms with van der Waals surface area (Å²) in [5.74, 6) is 1.09. The number of hydrogen-bond donors (Lipinski definition) is 1. The zero-order valence-electron chi connectivity index (χ0n) is 12.2. The van der Waals surface area contributed by atoms with Gasteiger partial charge in [-0.25, -0.2) is 0 Å². The minimum Gasteiger partial charge on any atom is -0.375 e. The Labute approximate surface area is 121 Å². The van der Waals surface area contributed by atoms with Gasteiger partial charge in [-0.1, -0.05) is 36.7 Å². The van der Waals surface area contributed by atoms with Crippen molar-refractivity contribution in [3.8, 4) is 0 Å². The Morgan fingerprint density at radius 3 is 2.42 bits per heavy atom. The molecular formula is C16H24ClNO. The Morgan fingerprint density at radius 2 is 1.89 bits per heavy atom. The van der Waals surface area contributed by atoms with Crippen LogP contribution in [0.3, 0.4) is 0 Å². The van der Waals surface area contributed by atoms with E-state index in [1.807, 2.05) is 19.2 Å². The van der Waals surface area contributed by atoms with Crippen LogP contribution in [0.1, 0.15) is 26.3 Å². The summed E-state index contributed by atoms with van der Waals surface area (Å²) in [6, 6.07) is 8.50. The van der Waals surface area contributed by atoms with Crippen molar-refractivity contribution in [3.63, 3.8) is 0 Å². The van der Waals surface area contributed by atoms with Crippen LogP contribution in [0.5, 0.6) is 0 Å². The number of hydrogen-bond acceptors (Lipinski definition) is 2. The maximum absolute atomic E-state index is 6.27. The number of benzene rings is 1. The molecule has 1 saturated heterocycles. The van der Waals surface area contributed by atoms with Crippen molar-refractivity contribution in [1.29, 1.82) is 0 Å². The van der Waals surface area contributed by atoms with E-state index in [0.717, 1.165) is 11.4 Å². The number of halogens is 1. The molecule has 0 bridgehead atoms. The molecule has 1 fully saturated rings. The third-order valence-corrected chi connectivity index (χ3v) is 4.92. The lowest BCUT2D eigenvalue weighted by Crippen LogP contribution is -2.41. The maximum atomic E-state index is 6.27. The summed E-state index contributed by atoms with van der Waals surface area (Å²) in [5.41, 5.74) is 1.21. The van der Waals surface area contributed by atoms with Gasteiger partial charge in [0.1, 0.15) is 0 Å². The second kappa shape index (κ2) is 6.25. The summed E-state index contributed by atoms with van der Waals surface area (Å²) < 4.78 is 5.96. The normalized spacial score (nSPS) is 32.5. The molecule has 1 aliphatic rings. The molecule has 1 N–H and O–H groups in total. The molecule has 0 aromatic heterocycles. The highest BCUT2D eigenvalue weighted by molar-refractivity contribution is 6.31. The topological polar surface area (TPSA) is 21.3 Å². The zero-order valence-corrected chi connectivity index (χ0v) is 12.9. The highest BCUT2D eigenvalue weighted by Crippen LogP contribution is 2.35. The van der Waals surface area contributed by atoms with E-state index >= 15 is 0 Å². The molecular weight excluding hydrogens is 258 g/mol. The Balaban J connectivity index is 2.15. The fourth-order valence-electron chi connectivity index (χ4n) is 3.32. The zero-order chi connectivity index (χ0) is 14.0. The van der Waals surface area contributed by atoms with E-state index in [1.54, 1.807) is 0 Å². The van der Waals surface area contributed by atoms with Crippen LogP contribution in [0.2, 0.25) is 5.02 Å². The van der Waals surface area contributed by atoms with Gasteiger partial charge in [0.05, 0.1) is 12.2 Å². The van der Waals surface area contributed by atoms with E-state index < -0.39 is 0 Å². The molecule has 5 atom stereocenters. The molecule has 0 radical (unpaired) electrons. The van der Waals surface area contributed by atoms with Crippen LogP contribution >= 0.6 is 11.6 Å². The number of rotatable bonds is 4. The third kappa shape index (κ3) is 3.13. The van der Waals surface area contributed by atoms with E-state index in [0.29, 0.717) is 30.1 Å². The van der Waals surface area contributed by atoms with Crippen LogP contribution < -0.4 is 5.32 Å². The minimum absolute atomic E-state index is 0.296. The lowest BCUT2D eigenvalue weighted by Gasteiger charge is -2.29. The maximum Gasteiger partial charge on any atom is 0.0597 e. The predicted molar refractivity (Wildman–Crippen MR) is 80.7 cm³/mol. The Bertz CT molecular complexity index is 423. The largest absolute Gasteiger partial charge is 0.375 e. The van der Waals surface area contributed by atoms with Crippen LogP contribution in [0, 0.1) is 11.8 Å². The smallest absolute Gasteiger partial charge is 0.0597 e. The molecule has 106 valence electrons. The summed E-state index contributed by atoms with van der Waals surface area (Å²) in [4.78, 5) is 0. The average molecular weight is 282 g/mol. The van der Waals surface area contributed by atoms with Crippen LogP contribution in [-0.2, 0) is 11.2 Å². The Kier molecular flexibility index (Phi) is 4.88. The molecule has 19 heavy (non-hydrogen) atoms. The lowest BCUT2D eigenvalue weighted by molar-refractivity contribution is 0.0479. The van der Waals surface area contributed by atoms with Crippen molar-refractivity contribution in [1.82, 2.24) is 5.32 Å². The first-order chi connectivity index (χ1) is 9.04. The standard InChI is InChI=1S/C16H24ClNO/c1-10-11(2)19-12(3)16(10)15(18-4)9-13-7-5-6-8-14(13)17/h5-8,10-12,15-16,18H,9H2,1-4H3. The quantitative estimate of drug-likeness (QED) is 0.912. The van der Waals surface area contributed by atoms with E-state index in [4.69, 9.17) is 16.3 Å². The minimum atomic E-state index is 0.296. The molecule has 0 spiro atoms. The molecule has 2 nitrogen and oxygen atoms in total. The molecule has 5 unspecified atom stereocenters. The lowest BCUT2D eigenvalue weighted by atomic mass is 9.81. The fraction of sp³-hybridized carbons (Fsp3) is 0.625. The van der Waals surface area contributed by atoms with E-state index in [9.17, 15) is 0 Å². The van der Waals surface area contributed by atoms with Gasteiger partial charge >= 0.3 is 0 Å². The number of ether oxygens (including phenoxy) is 1. The fourth-order valence-corrected chi connectivity index (χ4v) is 3.53. The molecule has 2 rings (SSSR count). The van der Waals surface area contributed by atoms with Crippen LogP contribution in [-0.4, -0.2) is 25.3 Å². The van der Waals surface area contributed by atoms with Crippen LogP contribution in [0.25, 0.3) is 0 Å². The molecule has 0 saturated carbocycles. The number of nitrogens with one attached hydrogen (secondary N) is 1. The van der Waals surface area contributed by atoms with Gasteiger partial charge in [-0.05, 0) is 44.9 Å². The second-order valence-electron chi connectivity index (χ2n) is 5.67. The van der Waals surface area contributed by atoms with Crippen molar-refractivity contribution in [2.24, 2.45) is 11.8 Å². The van der Waals surface area contributed by atoms with E-state index in [2.05, 4.69) is 38.2 Å². The Hall–Kier alpha value is -0.570. The Morgan fingerprint density at radius 1 is 1.21 bits per heavy atom. The first kappa shape index (κ1) is 14.8. The van der Waals surface area contributed by atoms with Gasteiger partial charge in [-0.3, -0.25) is 0 Å². The SMILES string of the molecule is CNC(Cc1ccccc1Cl)C1C(C)OC(C)C1C. The highest BCUT2D eigenvalue weighted by atomic mass is 35.5. The van der Waals surface area contributed by atoms with Gasteiger partial charge in [0.25, 0.3) is 0 Å². The van der Waals surface area contributed by atoms with Gasteiger partial charge in [0.2, 0.25) is 0 Å². The van der Waals surface area contributed by atoms with Gasteiger partial charge in [-0.2, -0.15) is 0 Å². The predicted octanol–water partition coefficient (Wildman–Crippen LogP) is 3.53. The first-order valence-electron chi connectivity index (χ1n) is 7.10. The summed E-state index contributed by atoms with van der Waals surface area (Å²) in [6.45, 7) is 6.64. The number of likely N-dealkylation sites (N-methyl/N-ethyl adjacent to an activating group) is 1. The van der Waals surface area contributed by atoms with Gasteiger partial charge in [0.15, 0.2) is 0 Å². The summed E-state index contributed by atoms with van der Waals surface area (Å²) in [5, 5.41) is 4.32. The van der Waals surface area contributed by atoms with Gasteiger partial charge < -0.3 is 10.1 Å². The van der Waals surface area contributed by atoms with E-state index in [1.165, 1.54) is 5.56 Å². The summed E-state index contributed by atoms with van der Waals surface area (Å²) >= 11 is 6.27. The first-order valence-corrected chi connectivity index (χ1v) is 7.48. The molecule has 1 aromatic carbocycles.